The van der Waals surface area contributed by atoms with Gasteiger partial charge in [-0.2, -0.15) is 0 Å². The average molecular weight is 289 g/mol. The van der Waals surface area contributed by atoms with Gasteiger partial charge < -0.3 is 9.40 Å². The minimum Gasteiger partial charge on any atom is -0.402 e. The van der Waals surface area contributed by atoms with Gasteiger partial charge in [-0.1, -0.05) is 24.3 Å². The van der Waals surface area contributed by atoms with Crippen molar-refractivity contribution < 1.29 is 4.42 Å². The quantitative estimate of drug-likeness (QED) is 0.651. The largest absolute Gasteiger partial charge is 0.402 e. The van der Waals surface area contributed by atoms with Crippen LogP contribution in [-0.2, 0) is 0 Å². The highest BCUT2D eigenvalue weighted by Gasteiger charge is 2.05. The number of aromatic nitrogens is 2. The molecule has 22 heavy (non-hydrogen) atoms. The number of benzene rings is 1. The molecule has 0 radical (unpaired) electrons. The summed E-state index contributed by atoms with van der Waals surface area (Å²) in [6.45, 7) is 0. The van der Waals surface area contributed by atoms with Crippen molar-refractivity contribution in [3.8, 4) is 0 Å². The average Bonchev–Trinajstić information content (AvgIpc) is 3.12. The van der Waals surface area contributed by atoms with E-state index in [1.165, 1.54) is 0 Å². The Morgan fingerprint density at radius 2 is 2.05 bits per heavy atom. The van der Waals surface area contributed by atoms with Crippen LogP contribution in [0.5, 0.6) is 0 Å². The molecule has 3 aromatic rings. The Hall–Kier alpha value is -3.21. The van der Waals surface area contributed by atoms with Crippen LogP contribution in [0.2, 0.25) is 0 Å². The van der Waals surface area contributed by atoms with Gasteiger partial charge in [-0.05, 0) is 29.8 Å². The Balaban J connectivity index is 1.93. The molecule has 0 atom stereocenters. The Labute approximate surface area is 124 Å². The van der Waals surface area contributed by atoms with Crippen LogP contribution < -0.4 is 27.1 Å². The van der Waals surface area contributed by atoms with Crippen LogP contribution in [0, 0.1) is 0 Å². The molecule has 0 saturated heterocycles. The summed E-state index contributed by atoms with van der Waals surface area (Å²) in [6.07, 6.45) is 6.94. The molecule has 2 aromatic heterocycles. The number of oxazole rings is 1. The first-order valence-corrected chi connectivity index (χ1v) is 6.80. The lowest BCUT2D eigenvalue weighted by molar-refractivity contribution is 0.484. The third-order valence-electron chi connectivity index (χ3n) is 3.36. The summed E-state index contributed by atoms with van der Waals surface area (Å²) in [7, 11) is 0. The molecule has 5 nitrogen and oxygen atoms in total. The van der Waals surface area contributed by atoms with Gasteiger partial charge >= 0.3 is 5.63 Å². The molecule has 1 N–H and O–H groups in total. The Morgan fingerprint density at radius 1 is 1.14 bits per heavy atom. The first-order valence-electron chi connectivity index (χ1n) is 6.80. The molecule has 3 heterocycles. The number of hydrogen-bond acceptors (Lipinski definition) is 4. The molecular formula is C17H11N3O2. The molecule has 4 rings (SSSR count). The highest BCUT2D eigenvalue weighted by atomic mass is 16.4. The molecule has 1 aliphatic rings. The Kier molecular flexibility index (Phi) is 2.83. The van der Waals surface area contributed by atoms with E-state index in [1.807, 2.05) is 42.5 Å². The Bertz CT molecular complexity index is 1100. The van der Waals surface area contributed by atoms with Crippen molar-refractivity contribution in [1.29, 1.82) is 0 Å². The number of aromatic amines is 1. The second-order valence-corrected chi connectivity index (χ2v) is 4.89. The van der Waals surface area contributed by atoms with Gasteiger partial charge in [0.15, 0.2) is 0 Å². The van der Waals surface area contributed by atoms with Gasteiger partial charge in [0.25, 0.3) is 0 Å². The minimum atomic E-state index is -0.425. The molecular weight excluding hydrogens is 278 g/mol. The number of rotatable bonds is 1. The van der Waals surface area contributed by atoms with Gasteiger partial charge in [0.2, 0.25) is 5.55 Å². The van der Waals surface area contributed by atoms with E-state index in [0.29, 0.717) is 16.6 Å². The van der Waals surface area contributed by atoms with E-state index in [9.17, 15) is 4.79 Å². The van der Waals surface area contributed by atoms with Crippen LogP contribution in [0.3, 0.4) is 0 Å². The first kappa shape index (κ1) is 12.5. The topological polar surface area (TPSA) is 71.2 Å². The van der Waals surface area contributed by atoms with Crippen molar-refractivity contribution >= 4 is 17.8 Å². The lowest BCUT2D eigenvalue weighted by Gasteiger charge is -1.86. The fourth-order valence-corrected chi connectivity index (χ4v) is 2.32. The van der Waals surface area contributed by atoms with Gasteiger partial charge in [0.1, 0.15) is 11.0 Å². The molecule has 0 saturated carbocycles. The monoisotopic (exact) mass is 289 g/mol. The highest BCUT2D eigenvalue weighted by Crippen LogP contribution is 1.98. The maximum atomic E-state index is 12.0. The number of nitrogens with one attached hydrogen (secondary N) is 1. The molecule has 5 heteroatoms. The van der Waals surface area contributed by atoms with Gasteiger partial charge in [0.05, 0.1) is 5.36 Å². The van der Waals surface area contributed by atoms with Crippen LogP contribution in [0.1, 0.15) is 5.56 Å². The van der Waals surface area contributed by atoms with Crippen LogP contribution in [0.25, 0.3) is 17.8 Å². The van der Waals surface area contributed by atoms with E-state index in [1.54, 1.807) is 18.5 Å². The van der Waals surface area contributed by atoms with Crippen molar-refractivity contribution in [1.82, 2.24) is 9.97 Å². The molecule has 0 fully saturated rings. The van der Waals surface area contributed by atoms with Crippen molar-refractivity contribution in [3.05, 3.63) is 86.2 Å². The van der Waals surface area contributed by atoms with Crippen LogP contribution in [0.15, 0.2) is 63.0 Å². The van der Waals surface area contributed by atoms with E-state index in [4.69, 9.17) is 4.42 Å². The number of fused-ring (bicyclic) bond motifs is 1. The van der Waals surface area contributed by atoms with Gasteiger partial charge in [-0.25, -0.2) is 9.79 Å². The van der Waals surface area contributed by atoms with Crippen molar-refractivity contribution in [3.63, 3.8) is 0 Å². The molecule has 1 aliphatic heterocycles. The van der Waals surface area contributed by atoms with Gasteiger partial charge in [0, 0.05) is 17.6 Å². The van der Waals surface area contributed by atoms with Crippen molar-refractivity contribution in [2.24, 2.45) is 4.99 Å². The molecule has 0 aliphatic carbocycles. The third kappa shape index (κ3) is 2.18. The number of pyridine rings is 1. The highest BCUT2D eigenvalue weighted by molar-refractivity contribution is 5.75. The van der Waals surface area contributed by atoms with Crippen LogP contribution >= 0.6 is 0 Å². The fourth-order valence-electron chi connectivity index (χ4n) is 2.32. The summed E-state index contributed by atoms with van der Waals surface area (Å²) in [5, 5.41) is 2.25. The molecule has 0 amide bonds. The van der Waals surface area contributed by atoms with E-state index in [0.717, 1.165) is 16.1 Å². The summed E-state index contributed by atoms with van der Waals surface area (Å²) < 4.78 is 5.28. The molecule has 0 unspecified atom stereocenters. The van der Waals surface area contributed by atoms with Crippen molar-refractivity contribution in [2.75, 3.05) is 0 Å². The molecule has 1 aromatic carbocycles. The zero-order valence-electron chi connectivity index (χ0n) is 11.5. The normalized spacial score (nSPS) is 16.1. The maximum absolute atomic E-state index is 12.0. The fraction of sp³-hybridized carbons (Fsp3) is 0. The van der Waals surface area contributed by atoms with E-state index >= 15 is 0 Å². The van der Waals surface area contributed by atoms with Crippen molar-refractivity contribution in [2.45, 2.75) is 0 Å². The summed E-state index contributed by atoms with van der Waals surface area (Å²) in [5.74, 6) is 0. The lowest BCUT2D eigenvalue weighted by atomic mass is 10.3. The smallest absolute Gasteiger partial charge is 0.361 e. The maximum Gasteiger partial charge on any atom is 0.361 e. The van der Waals surface area contributed by atoms with E-state index < -0.39 is 5.63 Å². The summed E-state index contributed by atoms with van der Waals surface area (Å²) in [6, 6.07) is 11.4. The van der Waals surface area contributed by atoms with Crippen LogP contribution in [0.4, 0.5) is 0 Å². The van der Waals surface area contributed by atoms with Gasteiger partial charge in [-0.15, -0.1) is 0 Å². The number of H-pyrrole nitrogens is 1. The number of hydrogen-bond donors (Lipinski definition) is 1. The number of nitrogens with zero attached hydrogens (tertiary/aromatic N) is 2. The van der Waals surface area contributed by atoms with Crippen LogP contribution in [-0.4, -0.2) is 9.97 Å². The predicted octanol–water partition coefficient (Wildman–Crippen LogP) is -0.586. The molecule has 0 spiro atoms. The summed E-state index contributed by atoms with van der Waals surface area (Å²) in [5.41, 5.74) is 1.37. The van der Waals surface area contributed by atoms with Gasteiger partial charge in [-0.3, -0.25) is 4.98 Å². The van der Waals surface area contributed by atoms with E-state index in [-0.39, 0.29) is 0 Å². The zero-order valence-corrected chi connectivity index (χ0v) is 11.5. The second kappa shape index (κ2) is 4.96. The SMILES string of the molecule is O=c1o/c(=C2\C=c3ccccc3=N2)[nH]/c1=C/c1cccnc1. The Morgan fingerprint density at radius 3 is 2.86 bits per heavy atom. The summed E-state index contributed by atoms with van der Waals surface area (Å²) >= 11 is 0. The third-order valence-corrected chi connectivity index (χ3v) is 3.36. The van der Waals surface area contributed by atoms with E-state index in [2.05, 4.69) is 15.0 Å². The minimum absolute atomic E-state index is 0.358. The number of para-hydroxylation sites is 1. The second-order valence-electron chi connectivity index (χ2n) is 4.89. The lowest BCUT2D eigenvalue weighted by Crippen LogP contribution is -2.21. The molecule has 106 valence electrons. The molecule has 0 bridgehead atoms. The first-order chi connectivity index (χ1) is 10.8. The predicted molar refractivity (Wildman–Crippen MR) is 81.5 cm³/mol. The summed E-state index contributed by atoms with van der Waals surface area (Å²) in [4.78, 5) is 23.4. The zero-order chi connectivity index (χ0) is 14.9. The standard InChI is InChI=1S/C17H11N3O2/c21-17-15(8-11-4-3-7-18-10-11)20-16(22-17)14-9-12-5-1-2-6-13(12)19-14/h1-10,20H/b15-8+,16-14+.